The summed E-state index contributed by atoms with van der Waals surface area (Å²) in [7, 11) is 0. The SMILES string of the molecule is CC(C)(C)C(O)CN(CCOCc1cc(N)c2[nH]c(-c3ccccc3)cc2c1)C(=O)O. The molecule has 1 heterocycles. The first kappa shape index (κ1) is 22.7. The number of nitrogen functional groups attached to an aromatic ring is 1. The molecule has 7 nitrogen and oxygen atoms in total. The Balaban J connectivity index is 1.61. The van der Waals surface area contributed by atoms with Crippen molar-refractivity contribution in [2.24, 2.45) is 5.41 Å². The van der Waals surface area contributed by atoms with E-state index >= 15 is 0 Å². The molecule has 0 aliphatic rings. The number of ether oxygens (including phenoxy) is 1. The van der Waals surface area contributed by atoms with Gasteiger partial charge in [-0.05, 0) is 34.7 Å². The van der Waals surface area contributed by atoms with Crippen LogP contribution >= 0.6 is 0 Å². The van der Waals surface area contributed by atoms with Crippen LogP contribution < -0.4 is 5.73 Å². The monoisotopic (exact) mass is 425 g/mol. The molecule has 0 spiro atoms. The number of nitrogens with two attached hydrogens (primary N) is 1. The lowest BCUT2D eigenvalue weighted by atomic mass is 9.89. The molecule has 0 saturated heterocycles. The number of rotatable bonds is 8. The zero-order chi connectivity index (χ0) is 22.6. The molecule has 5 N–H and O–H groups in total. The number of hydrogen-bond donors (Lipinski definition) is 4. The molecule has 1 aromatic heterocycles. The van der Waals surface area contributed by atoms with Gasteiger partial charge in [0.15, 0.2) is 0 Å². The van der Waals surface area contributed by atoms with Crippen LogP contribution in [-0.2, 0) is 11.3 Å². The first-order chi connectivity index (χ1) is 14.6. The van der Waals surface area contributed by atoms with Crippen molar-refractivity contribution < 1.29 is 19.7 Å². The molecule has 1 atom stereocenters. The number of H-pyrrole nitrogens is 1. The number of aliphatic hydroxyl groups excluding tert-OH is 1. The van der Waals surface area contributed by atoms with Crippen molar-refractivity contribution in [1.82, 2.24) is 9.88 Å². The standard InChI is InChI=1S/C24H31N3O4/c1-24(2,3)21(28)14-27(23(29)30)9-10-31-15-16-11-18-13-20(17-7-5-4-6-8-17)26-22(18)19(25)12-16/h4-8,11-13,21,26,28H,9-10,14-15,25H2,1-3H3,(H,29,30). The van der Waals surface area contributed by atoms with Crippen molar-refractivity contribution in [2.45, 2.75) is 33.5 Å². The Bertz CT molecular complexity index is 1020. The smallest absolute Gasteiger partial charge is 0.407 e. The summed E-state index contributed by atoms with van der Waals surface area (Å²) < 4.78 is 5.71. The summed E-state index contributed by atoms with van der Waals surface area (Å²) >= 11 is 0. The van der Waals surface area contributed by atoms with E-state index in [0.717, 1.165) is 27.7 Å². The second kappa shape index (κ2) is 9.41. The van der Waals surface area contributed by atoms with Gasteiger partial charge in [0.2, 0.25) is 0 Å². The van der Waals surface area contributed by atoms with E-state index < -0.39 is 17.6 Å². The highest BCUT2D eigenvalue weighted by molar-refractivity contribution is 5.94. The molecule has 166 valence electrons. The minimum Gasteiger partial charge on any atom is -0.465 e. The molecule has 0 bridgehead atoms. The van der Waals surface area contributed by atoms with Gasteiger partial charge in [-0.25, -0.2) is 4.79 Å². The number of carboxylic acid groups (broad SMARTS) is 1. The van der Waals surface area contributed by atoms with E-state index in [0.29, 0.717) is 12.3 Å². The van der Waals surface area contributed by atoms with Gasteiger partial charge in [0.05, 0.1) is 37.1 Å². The molecule has 0 saturated carbocycles. The molecule has 1 unspecified atom stereocenters. The van der Waals surface area contributed by atoms with E-state index in [2.05, 4.69) is 11.1 Å². The van der Waals surface area contributed by atoms with Crippen LogP contribution in [0.1, 0.15) is 26.3 Å². The largest absolute Gasteiger partial charge is 0.465 e. The van der Waals surface area contributed by atoms with Crippen LogP contribution in [-0.4, -0.2) is 52.0 Å². The van der Waals surface area contributed by atoms with Crippen LogP contribution in [0.5, 0.6) is 0 Å². The van der Waals surface area contributed by atoms with Crippen molar-refractivity contribution in [3.05, 3.63) is 54.1 Å². The fourth-order valence-electron chi connectivity index (χ4n) is 3.31. The van der Waals surface area contributed by atoms with Gasteiger partial charge < -0.3 is 30.6 Å². The lowest BCUT2D eigenvalue weighted by Gasteiger charge is -2.30. The Morgan fingerprint density at radius 3 is 2.55 bits per heavy atom. The maximum atomic E-state index is 11.5. The van der Waals surface area contributed by atoms with Crippen molar-refractivity contribution in [3.8, 4) is 11.3 Å². The number of nitrogens with one attached hydrogen (secondary N) is 1. The first-order valence-corrected chi connectivity index (χ1v) is 10.4. The number of benzene rings is 2. The van der Waals surface area contributed by atoms with Gasteiger partial charge >= 0.3 is 6.09 Å². The van der Waals surface area contributed by atoms with Crippen molar-refractivity contribution >= 4 is 22.7 Å². The number of aromatic amines is 1. The Labute approximate surface area is 182 Å². The normalized spacial score (nSPS) is 12.8. The molecule has 0 radical (unpaired) electrons. The maximum absolute atomic E-state index is 11.5. The first-order valence-electron chi connectivity index (χ1n) is 10.4. The third kappa shape index (κ3) is 5.77. The lowest BCUT2D eigenvalue weighted by Crippen LogP contribution is -2.43. The van der Waals surface area contributed by atoms with Gasteiger partial charge in [0.25, 0.3) is 0 Å². The van der Waals surface area contributed by atoms with Gasteiger partial charge in [-0.1, -0.05) is 51.1 Å². The maximum Gasteiger partial charge on any atom is 0.407 e. The molecule has 7 heteroatoms. The number of carbonyl (C=O) groups is 1. The summed E-state index contributed by atoms with van der Waals surface area (Å²) in [5.41, 5.74) is 10.4. The Morgan fingerprint density at radius 2 is 1.90 bits per heavy atom. The van der Waals surface area contributed by atoms with Crippen LogP contribution in [0, 0.1) is 5.41 Å². The molecule has 3 aromatic rings. The zero-order valence-electron chi connectivity index (χ0n) is 18.3. The average Bonchev–Trinajstić information content (AvgIpc) is 3.14. The highest BCUT2D eigenvalue weighted by Crippen LogP contribution is 2.29. The Hall–Kier alpha value is -3.03. The molecule has 3 rings (SSSR count). The average molecular weight is 426 g/mol. The van der Waals surface area contributed by atoms with E-state index in [1.54, 1.807) is 0 Å². The number of aliphatic hydroxyl groups is 1. The fourth-order valence-corrected chi connectivity index (χ4v) is 3.31. The van der Waals surface area contributed by atoms with Gasteiger partial charge in [-0.15, -0.1) is 0 Å². The van der Waals surface area contributed by atoms with Crippen molar-refractivity contribution in [2.75, 3.05) is 25.4 Å². The lowest BCUT2D eigenvalue weighted by molar-refractivity contribution is 0.0192. The van der Waals surface area contributed by atoms with E-state index in [1.165, 1.54) is 4.90 Å². The molecule has 31 heavy (non-hydrogen) atoms. The molecule has 2 aromatic carbocycles. The van der Waals surface area contributed by atoms with Gasteiger partial charge in [0.1, 0.15) is 0 Å². The number of fused-ring (bicyclic) bond motifs is 1. The molecular formula is C24H31N3O4. The zero-order valence-corrected chi connectivity index (χ0v) is 18.3. The van der Waals surface area contributed by atoms with Gasteiger partial charge in [-0.3, -0.25) is 0 Å². The number of nitrogens with zero attached hydrogens (tertiary/aromatic N) is 1. The highest BCUT2D eigenvalue weighted by atomic mass is 16.5. The third-order valence-corrected chi connectivity index (χ3v) is 5.34. The van der Waals surface area contributed by atoms with Crippen molar-refractivity contribution in [1.29, 1.82) is 0 Å². The van der Waals surface area contributed by atoms with Gasteiger partial charge in [0, 0.05) is 17.6 Å². The molecule has 0 aliphatic heterocycles. The molecule has 0 aliphatic carbocycles. The topological polar surface area (TPSA) is 112 Å². The quantitative estimate of drug-likeness (QED) is 0.317. The number of hydrogen-bond acceptors (Lipinski definition) is 4. The minimum atomic E-state index is -1.07. The van der Waals surface area contributed by atoms with Crippen LogP contribution in [0.4, 0.5) is 10.5 Å². The number of anilines is 1. The summed E-state index contributed by atoms with van der Waals surface area (Å²) in [5.74, 6) is 0. The highest BCUT2D eigenvalue weighted by Gasteiger charge is 2.26. The van der Waals surface area contributed by atoms with E-state index in [9.17, 15) is 15.0 Å². The fraction of sp³-hybridized carbons (Fsp3) is 0.375. The summed E-state index contributed by atoms with van der Waals surface area (Å²) in [6.45, 7) is 6.40. The number of amides is 1. The van der Waals surface area contributed by atoms with E-state index in [1.807, 2.05) is 63.2 Å². The molecule has 0 fully saturated rings. The van der Waals surface area contributed by atoms with Crippen LogP contribution in [0.3, 0.4) is 0 Å². The second-order valence-corrected chi connectivity index (χ2v) is 8.86. The molecule has 1 amide bonds. The molecular weight excluding hydrogens is 394 g/mol. The van der Waals surface area contributed by atoms with E-state index in [-0.39, 0.29) is 19.7 Å². The summed E-state index contributed by atoms with van der Waals surface area (Å²) in [5, 5.41) is 20.6. The summed E-state index contributed by atoms with van der Waals surface area (Å²) in [4.78, 5) is 16.0. The van der Waals surface area contributed by atoms with Crippen LogP contribution in [0.2, 0.25) is 0 Å². The van der Waals surface area contributed by atoms with Crippen LogP contribution in [0.15, 0.2) is 48.5 Å². The Morgan fingerprint density at radius 1 is 1.19 bits per heavy atom. The second-order valence-electron chi connectivity index (χ2n) is 8.86. The van der Waals surface area contributed by atoms with Crippen molar-refractivity contribution in [3.63, 3.8) is 0 Å². The van der Waals surface area contributed by atoms with Crippen LogP contribution in [0.25, 0.3) is 22.2 Å². The van der Waals surface area contributed by atoms with Gasteiger partial charge in [-0.2, -0.15) is 0 Å². The predicted octanol–water partition coefficient (Wildman–Crippen LogP) is 4.32. The van der Waals surface area contributed by atoms with E-state index in [4.69, 9.17) is 10.5 Å². The predicted molar refractivity (Wildman–Crippen MR) is 123 cm³/mol. The summed E-state index contributed by atoms with van der Waals surface area (Å²) in [6, 6.07) is 16.0. The third-order valence-electron chi connectivity index (χ3n) is 5.34. The Kier molecular flexibility index (Phi) is 6.87. The number of aromatic nitrogens is 1. The minimum absolute atomic E-state index is 0.0483. The summed E-state index contributed by atoms with van der Waals surface area (Å²) in [6.07, 6.45) is -1.82.